The van der Waals surface area contributed by atoms with Crippen molar-refractivity contribution in [2.24, 2.45) is 0 Å². The summed E-state index contributed by atoms with van der Waals surface area (Å²) < 4.78 is 31.5. The number of likely N-dealkylation sites (tertiary alicyclic amines) is 1. The summed E-state index contributed by atoms with van der Waals surface area (Å²) in [5.41, 5.74) is 2.08. The minimum absolute atomic E-state index is 0.203. The van der Waals surface area contributed by atoms with Gasteiger partial charge in [0.25, 0.3) is 0 Å². The number of halogens is 2. The Bertz CT molecular complexity index is 869. The van der Waals surface area contributed by atoms with Gasteiger partial charge >= 0.3 is 0 Å². The van der Waals surface area contributed by atoms with Crippen LogP contribution in [0.5, 0.6) is 0 Å². The maximum absolute atomic E-state index is 13.0. The first-order valence-electron chi connectivity index (χ1n) is 9.19. The zero-order valence-electron chi connectivity index (χ0n) is 14.9. The SMILES string of the molecule is Fc1ccc(Cc2noc(C3CCN(Cc4ccc(F)cc4)CC3)n2)cc1. The average Bonchev–Trinajstić information content (AvgIpc) is 3.15. The van der Waals surface area contributed by atoms with Gasteiger partial charge in [-0.05, 0) is 61.3 Å². The fourth-order valence-electron chi connectivity index (χ4n) is 3.48. The molecular weight excluding hydrogens is 348 g/mol. The molecule has 1 fully saturated rings. The zero-order chi connectivity index (χ0) is 18.6. The number of hydrogen-bond donors (Lipinski definition) is 0. The molecule has 0 bridgehead atoms. The normalized spacial score (nSPS) is 15.9. The summed E-state index contributed by atoms with van der Waals surface area (Å²) in [5, 5.41) is 4.08. The molecule has 6 heteroatoms. The molecule has 140 valence electrons. The summed E-state index contributed by atoms with van der Waals surface area (Å²) in [7, 11) is 0. The first-order valence-corrected chi connectivity index (χ1v) is 9.19. The smallest absolute Gasteiger partial charge is 0.229 e. The summed E-state index contributed by atoms with van der Waals surface area (Å²) in [6.07, 6.45) is 2.45. The van der Waals surface area contributed by atoms with Crippen LogP contribution in [0.25, 0.3) is 0 Å². The summed E-state index contributed by atoms with van der Waals surface area (Å²) in [4.78, 5) is 6.90. The largest absolute Gasteiger partial charge is 0.339 e. The lowest BCUT2D eigenvalue weighted by Gasteiger charge is -2.30. The Labute approximate surface area is 156 Å². The highest BCUT2D eigenvalue weighted by atomic mass is 19.1. The van der Waals surface area contributed by atoms with Crippen LogP contribution in [0.3, 0.4) is 0 Å². The molecule has 2 aromatic carbocycles. The van der Waals surface area contributed by atoms with Crippen LogP contribution < -0.4 is 0 Å². The summed E-state index contributed by atoms with van der Waals surface area (Å²) >= 11 is 0. The minimum atomic E-state index is -0.250. The van der Waals surface area contributed by atoms with E-state index in [1.54, 1.807) is 12.1 Å². The molecule has 4 nitrogen and oxygen atoms in total. The van der Waals surface area contributed by atoms with E-state index in [1.165, 1.54) is 24.3 Å². The molecular formula is C21H21F2N3O. The Hall–Kier alpha value is -2.60. The van der Waals surface area contributed by atoms with Crippen molar-refractivity contribution in [3.63, 3.8) is 0 Å². The number of piperidine rings is 1. The van der Waals surface area contributed by atoms with Gasteiger partial charge in [0.2, 0.25) is 5.89 Å². The number of hydrogen-bond acceptors (Lipinski definition) is 4. The van der Waals surface area contributed by atoms with Gasteiger partial charge in [0, 0.05) is 18.9 Å². The van der Waals surface area contributed by atoms with Crippen molar-refractivity contribution >= 4 is 0 Å². The highest BCUT2D eigenvalue weighted by molar-refractivity contribution is 5.20. The maximum Gasteiger partial charge on any atom is 0.229 e. The molecule has 1 aliphatic rings. The quantitative estimate of drug-likeness (QED) is 0.672. The van der Waals surface area contributed by atoms with Crippen LogP contribution in [0.4, 0.5) is 8.78 Å². The molecule has 0 radical (unpaired) electrons. The molecule has 1 saturated heterocycles. The minimum Gasteiger partial charge on any atom is -0.339 e. The van der Waals surface area contributed by atoms with Gasteiger partial charge in [0.05, 0.1) is 0 Å². The predicted molar refractivity (Wildman–Crippen MR) is 97.2 cm³/mol. The Morgan fingerprint density at radius 3 is 2.11 bits per heavy atom. The van der Waals surface area contributed by atoms with Gasteiger partial charge in [-0.3, -0.25) is 4.90 Å². The van der Waals surface area contributed by atoms with Crippen LogP contribution in [-0.4, -0.2) is 28.1 Å². The van der Waals surface area contributed by atoms with Crippen molar-refractivity contribution in [3.05, 3.63) is 83.0 Å². The second-order valence-corrected chi connectivity index (χ2v) is 7.03. The summed E-state index contributed by atoms with van der Waals surface area (Å²) in [6.45, 7) is 2.71. The van der Waals surface area contributed by atoms with Crippen LogP contribution in [0.1, 0.15) is 41.6 Å². The predicted octanol–water partition coefficient (Wildman–Crippen LogP) is 4.32. The second kappa shape index (κ2) is 7.96. The molecule has 1 aromatic heterocycles. The van der Waals surface area contributed by atoms with Crippen LogP contribution in [-0.2, 0) is 13.0 Å². The fourth-order valence-corrected chi connectivity index (χ4v) is 3.48. The third-order valence-corrected chi connectivity index (χ3v) is 5.02. The molecule has 4 rings (SSSR count). The molecule has 0 unspecified atom stereocenters. The molecule has 0 spiro atoms. The molecule has 0 amide bonds. The van der Waals surface area contributed by atoms with E-state index < -0.39 is 0 Å². The Kier molecular flexibility index (Phi) is 5.25. The van der Waals surface area contributed by atoms with Crippen molar-refractivity contribution in [2.75, 3.05) is 13.1 Å². The molecule has 0 saturated carbocycles. The van der Waals surface area contributed by atoms with E-state index in [2.05, 4.69) is 15.0 Å². The van der Waals surface area contributed by atoms with E-state index in [4.69, 9.17) is 4.52 Å². The first-order chi connectivity index (χ1) is 13.2. The lowest BCUT2D eigenvalue weighted by molar-refractivity contribution is 0.187. The van der Waals surface area contributed by atoms with Gasteiger partial charge in [-0.1, -0.05) is 29.4 Å². The molecule has 0 atom stereocenters. The highest BCUT2D eigenvalue weighted by Gasteiger charge is 2.25. The van der Waals surface area contributed by atoms with Gasteiger partial charge in [-0.15, -0.1) is 0 Å². The van der Waals surface area contributed by atoms with Gasteiger partial charge in [-0.25, -0.2) is 8.78 Å². The molecule has 2 heterocycles. The van der Waals surface area contributed by atoms with E-state index in [0.29, 0.717) is 18.1 Å². The van der Waals surface area contributed by atoms with E-state index in [0.717, 1.165) is 43.6 Å². The van der Waals surface area contributed by atoms with E-state index in [9.17, 15) is 8.78 Å². The lowest BCUT2D eigenvalue weighted by Crippen LogP contribution is -2.32. The highest BCUT2D eigenvalue weighted by Crippen LogP contribution is 2.27. The third kappa shape index (κ3) is 4.57. The van der Waals surface area contributed by atoms with Gasteiger partial charge in [0.1, 0.15) is 11.6 Å². The third-order valence-electron chi connectivity index (χ3n) is 5.02. The van der Waals surface area contributed by atoms with Crippen molar-refractivity contribution in [1.82, 2.24) is 15.0 Å². The van der Waals surface area contributed by atoms with Crippen LogP contribution in [0.2, 0.25) is 0 Å². The Balaban J connectivity index is 1.31. The van der Waals surface area contributed by atoms with Crippen molar-refractivity contribution in [1.29, 1.82) is 0 Å². The van der Waals surface area contributed by atoms with Crippen molar-refractivity contribution in [2.45, 2.75) is 31.7 Å². The van der Waals surface area contributed by atoms with Crippen LogP contribution in [0.15, 0.2) is 53.1 Å². The zero-order valence-corrected chi connectivity index (χ0v) is 14.9. The van der Waals surface area contributed by atoms with Gasteiger partial charge in [0.15, 0.2) is 5.82 Å². The Morgan fingerprint density at radius 1 is 0.889 bits per heavy atom. The lowest BCUT2D eigenvalue weighted by atomic mass is 9.96. The van der Waals surface area contributed by atoms with Crippen molar-refractivity contribution in [3.8, 4) is 0 Å². The first kappa shape index (κ1) is 17.8. The number of aromatic nitrogens is 2. The van der Waals surface area contributed by atoms with E-state index in [1.807, 2.05) is 12.1 Å². The molecule has 3 aromatic rings. The summed E-state index contributed by atoms with van der Waals surface area (Å²) in [6, 6.07) is 13.0. The standard InChI is InChI=1S/C21H21F2N3O/c22-18-5-1-15(2-6-18)13-20-24-21(27-25-20)17-9-11-26(12-10-17)14-16-3-7-19(23)8-4-16/h1-8,17H,9-14H2. The maximum atomic E-state index is 13.0. The second-order valence-electron chi connectivity index (χ2n) is 7.03. The molecule has 0 aliphatic carbocycles. The molecule has 0 N–H and O–H groups in total. The molecule has 1 aliphatic heterocycles. The van der Waals surface area contributed by atoms with E-state index in [-0.39, 0.29) is 17.6 Å². The number of nitrogens with zero attached hydrogens (tertiary/aromatic N) is 3. The fraction of sp³-hybridized carbons (Fsp3) is 0.333. The van der Waals surface area contributed by atoms with Crippen LogP contribution in [0, 0.1) is 11.6 Å². The monoisotopic (exact) mass is 369 g/mol. The number of rotatable bonds is 5. The van der Waals surface area contributed by atoms with Crippen molar-refractivity contribution < 1.29 is 13.3 Å². The van der Waals surface area contributed by atoms with Gasteiger partial charge in [-0.2, -0.15) is 4.98 Å². The van der Waals surface area contributed by atoms with Gasteiger partial charge < -0.3 is 4.52 Å². The number of benzene rings is 2. The molecule has 27 heavy (non-hydrogen) atoms. The summed E-state index contributed by atoms with van der Waals surface area (Å²) in [5.74, 6) is 1.13. The average molecular weight is 369 g/mol. The van der Waals surface area contributed by atoms with Crippen LogP contribution >= 0.6 is 0 Å². The van der Waals surface area contributed by atoms with E-state index >= 15 is 0 Å². The Morgan fingerprint density at radius 2 is 1.48 bits per heavy atom. The topological polar surface area (TPSA) is 42.2 Å².